The minimum absolute atomic E-state index is 0.0521. The van der Waals surface area contributed by atoms with Gasteiger partial charge in [-0.3, -0.25) is 4.79 Å². The van der Waals surface area contributed by atoms with Crippen LogP contribution in [0.3, 0.4) is 0 Å². The predicted molar refractivity (Wildman–Crippen MR) is 57.2 cm³/mol. The Balaban J connectivity index is 2.82. The van der Waals surface area contributed by atoms with Gasteiger partial charge in [0.15, 0.2) is 11.5 Å². The monoisotopic (exact) mass is 207 g/mol. The van der Waals surface area contributed by atoms with Crippen molar-refractivity contribution < 1.29 is 14.6 Å². The van der Waals surface area contributed by atoms with Crippen molar-refractivity contribution in [3.8, 4) is 11.5 Å². The van der Waals surface area contributed by atoms with E-state index in [0.29, 0.717) is 17.9 Å². The molecule has 1 amide bonds. The molecular formula is C11H13NO3. The van der Waals surface area contributed by atoms with Crippen LogP contribution in [0.1, 0.15) is 10.4 Å². The first kappa shape index (κ1) is 11.1. The Kier molecular flexibility index (Phi) is 3.74. The van der Waals surface area contributed by atoms with Gasteiger partial charge >= 0.3 is 0 Å². The molecule has 0 aliphatic carbocycles. The van der Waals surface area contributed by atoms with Crippen LogP contribution in [0.2, 0.25) is 0 Å². The van der Waals surface area contributed by atoms with Gasteiger partial charge in [-0.2, -0.15) is 0 Å². The van der Waals surface area contributed by atoms with E-state index < -0.39 is 0 Å². The Bertz CT molecular complexity index is 374. The van der Waals surface area contributed by atoms with Crippen molar-refractivity contribution in [1.82, 2.24) is 5.32 Å². The lowest BCUT2D eigenvalue weighted by molar-refractivity contribution is 0.0957. The number of amides is 1. The van der Waals surface area contributed by atoms with E-state index in [2.05, 4.69) is 11.9 Å². The number of carbonyl (C=O) groups is 1. The highest BCUT2D eigenvalue weighted by molar-refractivity contribution is 5.94. The Hall–Kier alpha value is -1.97. The predicted octanol–water partition coefficient (Wildman–Crippen LogP) is 1.32. The standard InChI is InChI=1S/C11H13NO3/c1-3-6-12-11(14)8-4-5-10(15-2)9(13)7-8/h3-5,7,13H,1,6H2,2H3,(H,12,14). The molecule has 0 fully saturated rings. The van der Waals surface area contributed by atoms with Gasteiger partial charge in [0.1, 0.15) is 0 Å². The third-order valence-electron chi connectivity index (χ3n) is 1.85. The summed E-state index contributed by atoms with van der Waals surface area (Å²) in [5, 5.41) is 12.0. The summed E-state index contributed by atoms with van der Waals surface area (Å²) in [7, 11) is 1.45. The molecule has 0 aliphatic heterocycles. The molecule has 15 heavy (non-hydrogen) atoms. The van der Waals surface area contributed by atoms with Crippen molar-refractivity contribution in [2.45, 2.75) is 0 Å². The van der Waals surface area contributed by atoms with Gasteiger partial charge in [0.25, 0.3) is 5.91 Å². The molecule has 0 atom stereocenters. The second-order valence-corrected chi connectivity index (χ2v) is 2.89. The molecule has 0 unspecified atom stereocenters. The van der Waals surface area contributed by atoms with E-state index in [4.69, 9.17) is 4.74 Å². The average Bonchev–Trinajstić information content (AvgIpc) is 2.25. The number of phenolic OH excluding ortho intramolecular Hbond substituents is 1. The van der Waals surface area contributed by atoms with Crippen LogP contribution in [-0.2, 0) is 0 Å². The van der Waals surface area contributed by atoms with Gasteiger partial charge in [0, 0.05) is 12.1 Å². The molecule has 4 heteroatoms. The van der Waals surface area contributed by atoms with Crippen molar-refractivity contribution in [3.05, 3.63) is 36.4 Å². The van der Waals surface area contributed by atoms with Crippen LogP contribution >= 0.6 is 0 Å². The molecule has 1 aromatic carbocycles. The second-order valence-electron chi connectivity index (χ2n) is 2.89. The third-order valence-corrected chi connectivity index (χ3v) is 1.85. The Morgan fingerprint density at radius 3 is 2.93 bits per heavy atom. The van der Waals surface area contributed by atoms with E-state index in [1.165, 1.54) is 19.2 Å². The van der Waals surface area contributed by atoms with Crippen LogP contribution in [-0.4, -0.2) is 24.7 Å². The number of phenols is 1. The molecule has 0 radical (unpaired) electrons. The lowest BCUT2D eigenvalue weighted by atomic mass is 10.2. The average molecular weight is 207 g/mol. The fourth-order valence-corrected chi connectivity index (χ4v) is 1.10. The third kappa shape index (κ3) is 2.74. The highest BCUT2D eigenvalue weighted by atomic mass is 16.5. The minimum Gasteiger partial charge on any atom is -0.504 e. The van der Waals surface area contributed by atoms with Crippen LogP contribution in [0.4, 0.5) is 0 Å². The lowest BCUT2D eigenvalue weighted by Crippen LogP contribution is -2.22. The summed E-state index contributed by atoms with van der Waals surface area (Å²) in [6.07, 6.45) is 1.58. The number of ether oxygens (including phenoxy) is 1. The topological polar surface area (TPSA) is 58.6 Å². The Morgan fingerprint density at radius 2 is 2.40 bits per heavy atom. The van der Waals surface area contributed by atoms with Gasteiger partial charge in [-0.1, -0.05) is 6.08 Å². The molecule has 0 aromatic heterocycles. The molecule has 0 heterocycles. The first-order valence-electron chi connectivity index (χ1n) is 4.45. The number of benzene rings is 1. The maximum absolute atomic E-state index is 11.4. The van der Waals surface area contributed by atoms with Gasteiger partial charge in [0.2, 0.25) is 0 Å². The minimum atomic E-state index is -0.257. The molecule has 1 rings (SSSR count). The molecule has 1 aromatic rings. The van der Waals surface area contributed by atoms with E-state index in [1.54, 1.807) is 12.1 Å². The van der Waals surface area contributed by atoms with Gasteiger partial charge < -0.3 is 15.2 Å². The molecule has 0 saturated carbocycles. The number of hydrogen-bond donors (Lipinski definition) is 2. The highest BCUT2D eigenvalue weighted by Gasteiger charge is 2.08. The van der Waals surface area contributed by atoms with E-state index in [0.717, 1.165) is 0 Å². The molecule has 2 N–H and O–H groups in total. The fourth-order valence-electron chi connectivity index (χ4n) is 1.10. The normalized spacial score (nSPS) is 9.40. The number of aromatic hydroxyl groups is 1. The molecule has 80 valence electrons. The number of carbonyl (C=O) groups excluding carboxylic acids is 1. The molecule has 0 spiro atoms. The van der Waals surface area contributed by atoms with Crippen molar-refractivity contribution >= 4 is 5.91 Å². The number of rotatable bonds is 4. The van der Waals surface area contributed by atoms with Crippen LogP contribution in [0.5, 0.6) is 11.5 Å². The Morgan fingerprint density at radius 1 is 1.67 bits per heavy atom. The summed E-state index contributed by atoms with van der Waals surface area (Å²) in [4.78, 5) is 11.4. The largest absolute Gasteiger partial charge is 0.504 e. The first-order chi connectivity index (χ1) is 7.19. The Labute approximate surface area is 88.2 Å². The van der Waals surface area contributed by atoms with Crippen LogP contribution < -0.4 is 10.1 Å². The SMILES string of the molecule is C=CCNC(=O)c1ccc(OC)c(O)c1. The van der Waals surface area contributed by atoms with Crippen LogP contribution in [0, 0.1) is 0 Å². The molecule has 0 bridgehead atoms. The van der Waals surface area contributed by atoms with E-state index in [9.17, 15) is 9.90 Å². The van der Waals surface area contributed by atoms with Gasteiger partial charge in [-0.05, 0) is 18.2 Å². The smallest absolute Gasteiger partial charge is 0.251 e. The van der Waals surface area contributed by atoms with E-state index >= 15 is 0 Å². The zero-order valence-electron chi connectivity index (χ0n) is 8.49. The summed E-state index contributed by atoms with van der Waals surface area (Å²) in [5.74, 6) is 0.0341. The number of hydrogen-bond acceptors (Lipinski definition) is 3. The van der Waals surface area contributed by atoms with Crippen LogP contribution in [0.25, 0.3) is 0 Å². The molecular weight excluding hydrogens is 194 g/mol. The zero-order valence-corrected chi connectivity index (χ0v) is 8.49. The number of nitrogens with one attached hydrogen (secondary N) is 1. The summed E-state index contributed by atoms with van der Waals surface area (Å²) in [5.41, 5.74) is 0.384. The molecule has 0 saturated heterocycles. The summed E-state index contributed by atoms with van der Waals surface area (Å²) in [6.45, 7) is 3.88. The first-order valence-corrected chi connectivity index (χ1v) is 4.45. The van der Waals surface area contributed by atoms with Gasteiger partial charge in [-0.15, -0.1) is 6.58 Å². The van der Waals surface area contributed by atoms with Gasteiger partial charge in [0.05, 0.1) is 7.11 Å². The summed E-state index contributed by atoms with van der Waals surface area (Å²) < 4.78 is 4.86. The zero-order chi connectivity index (χ0) is 11.3. The van der Waals surface area contributed by atoms with E-state index in [1.807, 2.05) is 0 Å². The maximum atomic E-state index is 11.4. The molecule has 4 nitrogen and oxygen atoms in total. The second kappa shape index (κ2) is 5.05. The quantitative estimate of drug-likeness (QED) is 0.732. The van der Waals surface area contributed by atoms with Crippen molar-refractivity contribution in [2.75, 3.05) is 13.7 Å². The van der Waals surface area contributed by atoms with Crippen molar-refractivity contribution in [2.24, 2.45) is 0 Å². The van der Waals surface area contributed by atoms with Gasteiger partial charge in [-0.25, -0.2) is 0 Å². The van der Waals surface area contributed by atoms with Crippen LogP contribution in [0.15, 0.2) is 30.9 Å². The summed E-state index contributed by atoms with van der Waals surface area (Å²) >= 11 is 0. The fraction of sp³-hybridized carbons (Fsp3) is 0.182. The van der Waals surface area contributed by atoms with E-state index in [-0.39, 0.29) is 11.7 Å². The summed E-state index contributed by atoms with van der Waals surface area (Å²) in [6, 6.07) is 4.48. The van der Waals surface area contributed by atoms with Crippen molar-refractivity contribution in [3.63, 3.8) is 0 Å². The van der Waals surface area contributed by atoms with Crippen molar-refractivity contribution in [1.29, 1.82) is 0 Å². The highest BCUT2D eigenvalue weighted by Crippen LogP contribution is 2.25. The lowest BCUT2D eigenvalue weighted by Gasteiger charge is -2.06. The maximum Gasteiger partial charge on any atom is 0.251 e. The number of methoxy groups -OCH3 is 1. The molecule has 0 aliphatic rings.